The molecular weight excluding hydrogens is 320 g/mol. The van der Waals surface area contributed by atoms with E-state index in [0.717, 1.165) is 41.9 Å². The van der Waals surface area contributed by atoms with Gasteiger partial charge in [-0.1, -0.05) is 13.3 Å². The van der Waals surface area contributed by atoms with Crippen molar-refractivity contribution in [3.8, 4) is 0 Å². The number of fused-ring (bicyclic) bond motifs is 3. The van der Waals surface area contributed by atoms with Crippen LogP contribution in [0, 0.1) is 5.92 Å². The first-order chi connectivity index (χ1) is 12.1. The summed E-state index contributed by atoms with van der Waals surface area (Å²) in [4.78, 5) is 20.9. The number of nitrogens with zero attached hydrogens (tertiary/aromatic N) is 5. The van der Waals surface area contributed by atoms with Crippen LogP contribution in [0.1, 0.15) is 37.9 Å². The SMILES string of the molecule is CCC1CC(OC(=O)N(C)C)CC1c1nnc2cnc3[nH]ccc3n12. The first-order valence-corrected chi connectivity index (χ1v) is 8.63. The van der Waals surface area contributed by atoms with Gasteiger partial charge in [0, 0.05) is 26.2 Å². The summed E-state index contributed by atoms with van der Waals surface area (Å²) in [7, 11) is 3.40. The molecular formula is C17H22N6O2. The fourth-order valence-electron chi connectivity index (χ4n) is 3.82. The van der Waals surface area contributed by atoms with Gasteiger partial charge in [-0.25, -0.2) is 9.78 Å². The average molecular weight is 342 g/mol. The molecule has 1 aliphatic rings. The number of H-pyrrole nitrogens is 1. The molecule has 132 valence electrons. The van der Waals surface area contributed by atoms with Gasteiger partial charge in [0.15, 0.2) is 11.3 Å². The van der Waals surface area contributed by atoms with Crippen LogP contribution in [0.25, 0.3) is 16.8 Å². The highest BCUT2D eigenvalue weighted by molar-refractivity contribution is 5.74. The molecule has 8 heteroatoms. The van der Waals surface area contributed by atoms with Crippen molar-refractivity contribution in [3.63, 3.8) is 0 Å². The number of ether oxygens (including phenoxy) is 1. The predicted octanol–water partition coefficient (Wildman–Crippen LogP) is 2.58. The van der Waals surface area contributed by atoms with Gasteiger partial charge in [0.1, 0.15) is 11.9 Å². The summed E-state index contributed by atoms with van der Waals surface area (Å²) < 4.78 is 7.70. The molecule has 0 spiro atoms. The summed E-state index contributed by atoms with van der Waals surface area (Å²) in [6.45, 7) is 2.17. The lowest BCUT2D eigenvalue weighted by molar-refractivity contribution is 0.0753. The molecule has 3 atom stereocenters. The van der Waals surface area contributed by atoms with E-state index in [0.29, 0.717) is 5.92 Å². The van der Waals surface area contributed by atoms with E-state index in [2.05, 4.69) is 31.5 Å². The molecule has 0 aliphatic heterocycles. The van der Waals surface area contributed by atoms with E-state index < -0.39 is 0 Å². The van der Waals surface area contributed by atoms with Gasteiger partial charge in [-0.3, -0.25) is 4.40 Å². The van der Waals surface area contributed by atoms with E-state index in [1.165, 1.54) is 4.90 Å². The van der Waals surface area contributed by atoms with Gasteiger partial charge >= 0.3 is 6.09 Å². The minimum atomic E-state index is -0.288. The van der Waals surface area contributed by atoms with Crippen LogP contribution in [0.3, 0.4) is 0 Å². The molecule has 0 aromatic carbocycles. The predicted molar refractivity (Wildman–Crippen MR) is 92.4 cm³/mol. The summed E-state index contributed by atoms with van der Waals surface area (Å²) >= 11 is 0. The molecule has 1 saturated carbocycles. The van der Waals surface area contributed by atoms with Crippen molar-refractivity contribution >= 4 is 22.9 Å². The van der Waals surface area contributed by atoms with Gasteiger partial charge in [-0.2, -0.15) is 0 Å². The van der Waals surface area contributed by atoms with Crippen LogP contribution in [0.2, 0.25) is 0 Å². The molecule has 4 rings (SSSR count). The van der Waals surface area contributed by atoms with Crippen molar-refractivity contribution < 1.29 is 9.53 Å². The zero-order chi connectivity index (χ0) is 17.6. The Balaban J connectivity index is 1.70. The fraction of sp³-hybridized carbons (Fsp3) is 0.529. The number of carbonyl (C=O) groups is 1. The highest BCUT2D eigenvalue weighted by atomic mass is 16.6. The maximum absolute atomic E-state index is 11.9. The van der Waals surface area contributed by atoms with Gasteiger partial charge in [-0.15, -0.1) is 10.2 Å². The minimum absolute atomic E-state index is 0.0826. The molecule has 0 radical (unpaired) electrons. The number of amides is 1. The molecule has 1 N–H and O–H groups in total. The Morgan fingerprint density at radius 1 is 1.40 bits per heavy atom. The summed E-state index contributed by atoms with van der Waals surface area (Å²) in [5.41, 5.74) is 2.53. The third-order valence-corrected chi connectivity index (χ3v) is 5.11. The lowest BCUT2D eigenvalue weighted by Gasteiger charge is -2.16. The number of carbonyl (C=O) groups excluding carboxylic acids is 1. The standard InChI is InChI=1S/C17H22N6O2/c1-4-10-7-11(25-17(24)22(2)3)8-12(10)16-21-20-14-9-19-15-13(23(14)16)5-6-18-15/h5-6,9-12,18H,4,7-8H2,1-3H3. The monoisotopic (exact) mass is 342 g/mol. The summed E-state index contributed by atoms with van der Waals surface area (Å²) in [5, 5.41) is 8.76. The Labute approximate surface area is 145 Å². The second-order valence-corrected chi connectivity index (χ2v) is 6.87. The maximum Gasteiger partial charge on any atom is 0.409 e. The summed E-state index contributed by atoms with van der Waals surface area (Å²) in [6, 6.07) is 1.99. The third-order valence-electron chi connectivity index (χ3n) is 5.11. The van der Waals surface area contributed by atoms with Crippen LogP contribution < -0.4 is 0 Å². The van der Waals surface area contributed by atoms with Gasteiger partial charge in [0.25, 0.3) is 0 Å². The molecule has 0 bridgehead atoms. The Bertz CT molecular complexity index is 914. The van der Waals surface area contributed by atoms with Crippen LogP contribution in [-0.4, -0.2) is 55.8 Å². The molecule has 25 heavy (non-hydrogen) atoms. The fourth-order valence-corrected chi connectivity index (χ4v) is 3.82. The number of hydrogen-bond acceptors (Lipinski definition) is 5. The number of nitrogens with one attached hydrogen (secondary N) is 1. The zero-order valence-electron chi connectivity index (χ0n) is 14.6. The van der Waals surface area contributed by atoms with Crippen molar-refractivity contribution in [3.05, 3.63) is 24.3 Å². The van der Waals surface area contributed by atoms with Crippen LogP contribution >= 0.6 is 0 Å². The Morgan fingerprint density at radius 3 is 3.00 bits per heavy atom. The highest BCUT2D eigenvalue weighted by Gasteiger charge is 2.39. The molecule has 0 saturated heterocycles. The van der Waals surface area contributed by atoms with Crippen LogP contribution in [0.5, 0.6) is 0 Å². The normalized spacial score (nSPS) is 23.4. The third kappa shape index (κ3) is 2.61. The van der Waals surface area contributed by atoms with E-state index in [1.807, 2.05) is 12.3 Å². The second kappa shape index (κ2) is 6.02. The number of rotatable bonds is 3. The summed E-state index contributed by atoms with van der Waals surface area (Å²) in [5.74, 6) is 1.55. The Morgan fingerprint density at radius 2 is 2.24 bits per heavy atom. The topological polar surface area (TPSA) is 88.4 Å². The number of hydrogen-bond donors (Lipinski definition) is 1. The Hall–Kier alpha value is -2.64. The van der Waals surface area contributed by atoms with Crippen molar-refractivity contribution in [1.82, 2.24) is 29.5 Å². The van der Waals surface area contributed by atoms with Gasteiger partial charge in [0.05, 0.1) is 11.7 Å². The highest BCUT2D eigenvalue weighted by Crippen LogP contribution is 2.42. The van der Waals surface area contributed by atoms with Crippen molar-refractivity contribution in [2.45, 2.75) is 38.2 Å². The lowest BCUT2D eigenvalue weighted by Crippen LogP contribution is -2.27. The minimum Gasteiger partial charge on any atom is -0.446 e. The molecule has 1 aliphatic carbocycles. The average Bonchev–Trinajstić information content (AvgIpc) is 3.30. The molecule has 3 aromatic rings. The van der Waals surface area contributed by atoms with Crippen LogP contribution in [0.4, 0.5) is 4.79 Å². The van der Waals surface area contributed by atoms with E-state index in [-0.39, 0.29) is 18.1 Å². The van der Waals surface area contributed by atoms with Gasteiger partial charge in [-0.05, 0) is 24.8 Å². The van der Waals surface area contributed by atoms with Gasteiger partial charge in [0.2, 0.25) is 0 Å². The van der Waals surface area contributed by atoms with E-state index >= 15 is 0 Å². The smallest absolute Gasteiger partial charge is 0.409 e. The lowest BCUT2D eigenvalue weighted by atomic mass is 9.93. The van der Waals surface area contributed by atoms with E-state index in [4.69, 9.17) is 4.74 Å². The Kier molecular flexibility index (Phi) is 3.82. The molecule has 3 unspecified atom stereocenters. The quantitative estimate of drug-likeness (QED) is 0.790. The van der Waals surface area contributed by atoms with Crippen molar-refractivity contribution in [2.24, 2.45) is 5.92 Å². The molecule has 1 amide bonds. The van der Waals surface area contributed by atoms with Crippen molar-refractivity contribution in [2.75, 3.05) is 14.1 Å². The largest absolute Gasteiger partial charge is 0.446 e. The second-order valence-electron chi connectivity index (χ2n) is 6.87. The first-order valence-electron chi connectivity index (χ1n) is 8.63. The first kappa shape index (κ1) is 15.9. The molecule has 8 nitrogen and oxygen atoms in total. The molecule has 3 heterocycles. The zero-order valence-corrected chi connectivity index (χ0v) is 14.6. The van der Waals surface area contributed by atoms with Crippen molar-refractivity contribution in [1.29, 1.82) is 0 Å². The maximum atomic E-state index is 11.9. The van der Waals surface area contributed by atoms with E-state index in [9.17, 15) is 4.79 Å². The van der Waals surface area contributed by atoms with Crippen LogP contribution in [-0.2, 0) is 4.74 Å². The number of aromatic nitrogens is 5. The number of aromatic amines is 1. The molecule has 3 aromatic heterocycles. The van der Waals surface area contributed by atoms with Gasteiger partial charge < -0.3 is 14.6 Å². The summed E-state index contributed by atoms with van der Waals surface area (Å²) in [6.07, 6.45) is 5.87. The van der Waals surface area contributed by atoms with Crippen LogP contribution in [0.15, 0.2) is 18.5 Å². The molecule has 1 fully saturated rings. The van der Waals surface area contributed by atoms with E-state index in [1.54, 1.807) is 20.3 Å².